The lowest BCUT2D eigenvalue weighted by molar-refractivity contribution is 0.0995. The van der Waals surface area contributed by atoms with Crippen molar-refractivity contribution in [3.05, 3.63) is 42.1 Å². The summed E-state index contributed by atoms with van der Waals surface area (Å²) in [5, 5.41) is 7.44. The monoisotopic (exact) mass is 282 g/mol. The number of rotatable bonds is 3. The standard InChI is InChI=1S/C17H22N4/c1-2-5-14(6-3-1)17-15(11-18-19-17)12-20-9-10-21-8-4-7-16(21)13-20/h1-3,5-6,11,16H,4,7-10,12-13H2,(H,18,19). The molecule has 4 rings (SSSR count). The lowest BCUT2D eigenvalue weighted by atomic mass is 10.1. The molecule has 0 aliphatic carbocycles. The van der Waals surface area contributed by atoms with Crippen molar-refractivity contribution in [2.24, 2.45) is 0 Å². The van der Waals surface area contributed by atoms with E-state index >= 15 is 0 Å². The summed E-state index contributed by atoms with van der Waals surface area (Å²) < 4.78 is 0. The fraction of sp³-hybridized carbons (Fsp3) is 0.471. The Labute approximate surface area is 125 Å². The summed E-state index contributed by atoms with van der Waals surface area (Å²) in [6.07, 6.45) is 4.73. The van der Waals surface area contributed by atoms with Crippen LogP contribution in [0.2, 0.25) is 0 Å². The number of nitrogens with one attached hydrogen (secondary N) is 1. The van der Waals surface area contributed by atoms with Crippen LogP contribution >= 0.6 is 0 Å². The third-order valence-electron chi connectivity index (χ3n) is 4.85. The van der Waals surface area contributed by atoms with E-state index in [1.807, 2.05) is 6.20 Å². The zero-order valence-electron chi connectivity index (χ0n) is 12.3. The summed E-state index contributed by atoms with van der Waals surface area (Å²) in [6, 6.07) is 11.3. The molecule has 0 spiro atoms. The van der Waals surface area contributed by atoms with Gasteiger partial charge in [0, 0.05) is 37.8 Å². The first-order valence-corrected chi connectivity index (χ1v) is 7.94. The third kappa shape index (κ3) is 2.61. The minimum absolute atomic E-state index is 0.783. The van der Waals surface area contributed by atoms with Crippen molar-refractivity contribution in [1.29, 1.82) is 0 Å². The Morgan fingerprint density at radius 1 is 1.14 bits per heavy atom. The van der Waals surface area contributed by atoms with Gasteiger partial charge in [-0.2, -0.15) is 5.10 Å². The zero-order chi connectivity index (χ0) is 14.1. The molecule has 2 aromatic rings. The van der Waals surface area contributed by atoms with E-state index in [-0.39, 0.29) is 0 Å². The Balaban J connectivity index is 1.49. The first-order chi connectivity index (χ1) is 10.4. The topological polar surface area (TPSA) is 35.2 Å². The average molecular weight is 282 g/mol. The highest BCUT2D eigenvalue weighted by atomic mass is 15.3. The van der Waals surface area contributed by atoms with Crippen LogP contribution in [0.4, 0.5) is 0 Å². The van der Waals surface area contributed by atoms with Crippen LogP contribution in [-0.4, -0.2) is 52.2 Å². The maximum atomic E-state index is 4.27. The van der Waals surface area contributed by atoms with Crippen LogP contribution in [-0.2, 0) is 6.54 Å². The largest absolute Gasteiger partial charge is 0.298 e. The number of fused-ring (bicyclic) bond motifs is 1. The minimum Gasteiger partial charge on any atom is -0.298 e. The van der Waals surface area contributed by atoms with Crippen LogP contribution in [0.3, 0.4) is 0 Å². The van der Waals surface area contributed by atoms with Gasteiger partial charge in [0.05, 0.1) is 11.9 Å². The van der Waals surface area contributed by atoms with Gasteiger partial charge in [0.15, 0.2) is 0 Å². The van der Waals surface area contributed by atoms with Gasteiger partial charge in [-0.3, -0.25) is 14.9 Å². The minimum atomic E-state index is 0.783. The highest BCUT2D eigenvalue weighted by Gasteiger charge is 2.30. The van der Waals surface area contributed by atoms with Gasteiger partial charge in [-0.1, -0.05) is 30.3 Å². The molecular formula is C17H22N4. The van der Waals surface area contributed by atoms with E-state index in [0.29, 0.717) is 0 Å². The summed E-state index contributed by atoms with van der Waals surface area (Å²) in [5.74, 6) is 0. The molecule has 2 aliphatic rings. The van der Waals surface area contributed by atoms with Crippen LogP contribution in [0.5, 0.6) is 0 Å². The first-order valence-electron chi connectivity index (χ1n) is 7.94. The van der Waals surface area contributed by atoms with Gasteiger partial charge >= 0.3 is 0 Å². The van der Waals surface area contributed by atoms with Crippen molar-refractivity contribution in [2.75, 3.05) is 26.2 Å². The number of nitrogens with zero attached hydrogens (tertiary/aromatic N) is 3. The fourth-order valence-corrected chi connectivity index (χ4v) is 3.73. The zero-order valence-corrected chi connectivity index (χ0v) is 12.3. The van der Waals surface area contributed by atoms with Crippen LogP contribution in [0.15, 0.2) is 36.5 Å². The summed E-state index contributed by atoms with van der Waals surface area (Å²) in [4.78, 5) is 5.24. The van der Waals surface area contributed by atoms with Crippen molar-refractivity contribution in [1.82, 2.24) is 20.0 Å². The molecule has 21 heavy (non-hydrogen) atoms. The van der Waals surface area contributed by atoms with E-state index in [4.69, 9.17) is 0 Å². The van der Waals surface area contributed by atoms with E-state index in [9.17, 15) is 0 Å². The molecule has 0 saturated carbocycles. The normalized spacial score (nSPS) is 23.3. The lowest BCUT2D eigenvalue weighted by Gasteiger charge is -2.37. The van der Waals surface area contributed by atoms with Gasteiger partial charge in [0.25, 0.3) is 0 Å². The molecule has 3 heterocycles. The number of aromatic nitrogens is 2. The van der Waals surface area contributed by atoms with Gasteiger partial charge < -0.3 is 0 Å². The fourth-order valence-electron chi connectivity index (χ4n) is 3.73. The van der Waals surface area contributed by atoms with Crippen LogP contribution in [0.1, 0.15) is 18.4 Å². The van der Waals surface area contributed by atoms with E-state index in [0.717, 1.165) is 12.6 Å². The Morgan fingerprint density at radius 2 is 2.05 bits per heavy atom. The van der Waals surface area contributed by atoms with Crippen molar-refractivity contribution in [3.63, 3.8) is 0 Å². The molecule has 4 heteroatoms. The molecule has 110 valence electrons. The van der Waals surface area contributed by atoms with Crippen LogP contribution in [0.25, 0.3) is 11.3 Å². The second-order valence-electron chi connectivity index (χ2n) is 6.20. The van der Waals surface area contributed by atoms with Crippen LogP contribution in [0, 0.1) is 0 Å². The van der Waals surface area contributed by atoms with E-state index in [1.165, 1.54) is 55.8 Å². The Hall–Kier alpha value is -1.65. The van der Waals surface area contributed by atoms with Crippen molar-refractivity contribution in [3.8, 4) is 11.3 Å². The van der Waals surface area contributed by atoms with E-state index in [1.54, 1.807) is 0 Å². The average Bonchev–Trinajstić information content (AvgIpc) is 3.16. The molecule has 2 saturated heterocycles. The van der Waals surface area contributed by atoms with Crippen molar-refractivity contribution >= 4 is 0 Å². The highest BCUT2D eigenvalue weighted by Crippen LogP contribution is 2.25. The lowest BCUT2D eigenvalue weighted by Crippen LogP contribution is -2.49. The van der Waals surface area contributed by atoms with Crippen molar-refractivity contribution < 1.29 is 0 Å². The molecule has 1 aromatic carbocycles. The second kappa shape index (κ2) is 5.62. The molecule has 1 unspecified atom stereocenters. The van der Waals surface area contributed by atoms with Gasteiger partial charge in [-0.25, -0.2) is 0 Å². The molecule has 1 atom stereocenters. The number of benzene rings is 1. The maximum absolute atomic E-state index is 4.27. The Kier molecular flexibility index (Phi) is 3.49. The summed E-state index contributed by atoms with van der Waals surface area (Å²) in [5.41, 5.74) is 3.71. The van der Waals surface area contributed by atoms with Gasteiger partial charge in [0.1, 0.15) is 0 Å². The molecule has 0 radical (unpaired) electrons. The molecule has 2 fully saturated rings. The quantitative estimate of drug-likeness (QED) is 0.938. The molecule has 2 aliphatic heterocycles. The summed E-state index contributed by atoms with van der Waals surface area (Å²) in [7, 11) is 0. The van der Waals surface area contributed by atoms with Crippen LogP contribution < -0.4 is 0 Å². The van der Waals surface area contributed by atoms with Crippen molar-refractivity contribution in [2.45, 2.75) is 25.4 Å². The Bertz CT molecular complexity index is 592. The maximum Gasteiger partial charge on any atom is 0.0695 e. The number of hydrogen-bond acceptors (Lipinski definition) is 3. The van der Waals surface area contributed by atoms with E-state index in [2.05, 4.69) is 50.3 Å². The molecular weight excluding hydrogens is 260 g/mol. The predicted octanol–water partition coefficient (Wildman–Crippen LogP) is 2.36. The number of H-pyrrole nitrogens is 1. The first kappa shape index (κ1) is 13.0. The summed E-state index contributed by atoms with van der Waals surface area (Å²) in [6.45, 7) is 5.92. The molecule has 4 nitrogen and oxygen atoms in total. The molecule has 0 amide bonds. The number of aromatic amines is 1. The third-order valence-corrected chi connectivity index (χ3v) is 4.85. The van der Waals surface area contributed by atoms with Gasteiger partial charge in [0.2, 0.25) is 0 Å². The van der Waals surface area contributed by atoms with E-state index < -0.39 is 0 Å². The summed E-state index contributed by atoms with van der Waals surface area (Å²) >= 11 is 0. The number of piperazine rings is 1. The van der Waals surface area contributed by atoms with Gasteiger partial charge in [-0.15, -0.1) is 0 Å². The predicted molar refractivity (Wildman–Crippen MR) is 83.9 cm³/mol. The van der Waals surface area contributed by atoms with Gasteiger partial charge in [-0.05, 0) is 24.9 Å². The Morgan fingerprint density at radius 3 is 2.95 bits per heavy atom. The molecule has 1 N–H and O–H groups in total. The second-order valence-corrected chi connectivity index (χ2v) is 6.20. The smallest absolute Gasteiger partial charge is 0.0695 e. The molecule has 1 aromatic heterocycles. The number of hydrogen-bond donors (Lipinski definition) is 1. The molecule has 0 bridgehead atoms. The highest BCUT2D eigenvalue weighted by molar-refractivity contribution is 5.62. The SMILES string of the molecule is c1ccc(-c2[nH]ncc2CN2CCN3CCCC3C2)cc1.